The second-order valence-corrected chi connectivity index (χ2v) is 9.15. The predicted octanol–water partition coefficient (Wildman–Crippen LogP) is 6.02. The van der Waals surface area contributed by atoms with Gasteiger partial charge in [-0.25, -0.2) is 0 Å². The Morgan fingerprint density at radius 2 is 1.61 bits per heavy atom. The molecule has 0 aromatic heterocycles. The van der Waals surface area contributed by atoms with Crippen LogP contribution in [0, 0.1) is 0 Å². The van der Waals surface area contributed by atoms with Crippen molar-refractivity contribution in [2.75, 3.05) is 6.54 Å². The van der Waals surface area contributed by atoms with Crippen LogP contribution < -0.4 is 0 Å². The van der Waals surface area contributed by atoms with Crippen molar-refractivity contribution in [1.82, 2.24) is 4.90 Å². The zero-order valence-electron chi connectivity index (χ0n) is 17.9. The van der Waals surface area contributed by atoms with Crippen molar-refractivity contribution in [2.24, 2.45) is 0 Å². The monoisotopic (exact) mass is 499 g/mol. The van der Waals surface area contributed by atoms with Gasteiger partial charge in [0.25, 0.3) is 5.91 Å². The van der Waals surface area contributed by atoms with Crippen LogP contribution >= 0.6 is 15.9 Å². The van der Waals surface area contributed by atoms with Crippen molar-refractivity contribution >= 4 is 27.6 Å². The van der Waals surface area contributed by atoms with Gasteiger partial charge in [0, 0.05) is 34.6 Å². The molecule has 4 nitrogen and oxygen atoms in total. The van der Waals surface area contributed by atoms with Crippen LogP contribution in [0.4, 0.5) is 0 Å². The SMILES string of the molecule is O=C(CC1=C[C@H](c2ccccc2)C2=C(O1)C(=O)N(Cc1ccccc1)C2)c1ccc(Br)cc1. The van der Waals surface area contributed by atoms with E-state index in [4.69, 9.17) is 4.74 Å². The molecule has 0 aliphatic carbocycles. The summed E-state index contributed by atoms with van der Waals surface area (Å²) in [5, 5.41) is 0. The highest BCUT2D eigenvalue weighted by Crippen LogP contribution is 2.40. The van der Waals surface area contributed by atoms with E-state index >= 15 is 0 Å². The van der Waals surface area contributed by atoms with Gasteiger partial charge in [-0.2, -0.15) is 0 Å². The molecule has 0 saturated carbocycles. The maximum Gasteiger partial charge on any atom is 0.290 e. The Morgan fingerprint density at radius 3 is 2.30 bits per heavy atom. The molecule has 33 heavy (non-hydrogen) atoms. The summed E-state index contributed by atoms with van der Waals surface area (Å²) in [6.45, 7) is 1.03. The van der Waals surface area contributed by atoms with Gasteiger partial charge >= 0.3 is 0 Å². The van der Waals surface area contributed by atoms with Crippen molar-refractivity contribution in [3.63, 3.8) is 0 Å². The molecular formula is C28H22BrNO3. The van der Waals surface area contributed by atoms with Crippen LogP contribution in [0.25, 0.3) is 0 Å². The summed E-state index contributed by atoms with van der Waals surface area (Å²) in [7, 11) is 0. The van der Waals surface area contributed by atoms with Crippen molar-refractivity contribution in [1.29, 1.82) is 0 Å². The van der Waals surface area contributed by atoms with E-state index in [0.29, 0.717) is 30.2 Å². The highest BCUT2D eigenvalue weighted by molar-refractivity contribution is 9.10. The summed E-state index contributed by atoms with van der Waals surface area (Å²) in [5.74, 6) is 0.603. The van der Waals surface area contributed by atoms with Crippen LogP contribution in [0.2, 0.25) is 0 Å². The molecule has 0 N–H and O–H groups in total. The number of Topliss-reactive ketones (excluding diaryl/α,β-unsaturated/α-hetero) is 1. The van der Waals surface area contributed by atoms with Gasteiger partial charge < -0.3 is 9.64 Å². The molecule has 0 unspecified atom stereocenters. The maximum atomic E-state index is 13.3. The maximum absolute atomic E-state index is 13.3. The molecule has 2 aliphatic rings. The standard InChI is InChI=1S/C28H22BrNO3/c29-22-13-11-21(12-14-22)26(31)16-23-15-24(20-9-5-2-6-10-20)25-18-30(28(32)27(25)33-23)17-19-7-3-1-4-8-19/h1-15,24H,16-18H2/t24-/m1/s1. The molecule has 0 saturated heterocycles. The highest BCUT2D eigenvalue weighted by Gasteiger charge is 2.39. The normalized spacial score (nSPS) is 17.5. The van der Waals surface area contributed by atoms with Gasteiger partial charge in [-0.1, -0.05) is 88.7 Å². The second kappa shape index (κ2) is 9.20. The first kappa shape index (κ1) is 21.4. The number of allylic oxidation sites excluding steroid dienone is 2. The number of halogens is 1. The number of amides is 1. The van der Waals surface area contributed by atoms with Gasteiger partial charge in [0.1, 0.15) is 5.76 Å². The Kier molecular flexibility index (Phi) is 5.97. The van der Waals surface area contributed by atoms with Crippen LogP contribution in [-0.4, -0.2) is 23.1 Å². The first-order valence-electron chi connectivity index (χ1n) is 10.9. The Morgan fingerprint density at radius 1 is 0.939 bits per heavy atom. The van der Waals surface area contributed by atoms with Crippen LogP contribution in [0.1, 0.15) is 33.8 Å². The lowest BCUT2D eigenvalue weighted by molar-refractivity contribution is -0.128. The minimum Gasteiger partial charge on any atom is -0.456 e. The van der Waals surface area contributed by atoms with Crippen LogP contribution in [0.5, 0.6) is 0 Å². The summed E-state index contributed by atoms with van der Waals surface area (Å²) in [6, 6.07) is 27.3. The van der Waals surface area contributed by atoms with E-state index in [1.807, 2.05) is 71.6 Å². The summed E-state index contributed by atoms with van der Waals surface area (Å²) < 4.78 is 7.00. The van der Waals surface area contributed by atoms with Crippen molar-refractivity contribution < 1.29 is 14.3 Å². The number of hydrogen-bond acceptors (Lipinski definition) is 3. The van der Waals surface area contributed by atoms with Gasteiger partial charge in [-0.3, -0.25) is 9.59 Å². The molecule has 5 heteroatoms. The molecule has 0 fully saturated rings. The van der Waals surface area contributed by atoms with Crippen LogP contribution in [0.15, 0.2) is 113 Å². The molecule has 0 radical (unpaired) electrons. The zero-order chi connectivity index (χ0) is 22.8. The summed E-state index contributed by atoms with van der Waals surface area (Å²) in [6.07, 6.45) is 2.10. The Labute approximate surface area is 201 Å². The average molecular weight is 500 g/mol. The summed E-state index contributed by atoms with van der Waals surface area (Å²) in [5.41, 5.74) is 3.71. The van der Waals surface area contributed by atoms with Crippen LogP contribution in [-0.2, 0) is 16.1 Å². The fraction of sp³-hybridized carbons (Fsp3) is 0.143. The van der Waals surface area contributed by atoms with Crippen molar-refractivity contribution in [3.8, 4) is 0 Å². The summed E-state index contributed by atoms with van der Waals surface area (Å²) >= 11 is 3.40. The number of carbonyl (C=O) groups excluding carboxylic acids is 2. The lowest BCUT2D eigenvalue weighted by Crippen LogP contribution is -2.27. The predicted molar refractivity (Wildman–Crippen MR) is 130 cm³/mol. The quantitative estimate of drug-likeness (QED) is 0.389. The molecule has 164 valence electrons. The van der Waals surface area contributed by atoms with E-state index in [1.165, 1.54) is 0 Å². The van der Waals surface area contributed by atoms with Crippen LogP contribution in [0.3, 0.4) is 0 Å². The lowest BCUT2D eigenvalue weighted by atomic mass is 9.88. The minimum absolute atomic E-state index is 0.0452. The number of hydrogen-bond donors (Lipinski definition) is 0. The lowest BCUT2D eigenvalue weighted by Gasteiger charge is -2.23. The Balaban J connectivity index is 1.42. The number of ether oxygens (including phenoxy) is 1. The number of nitrogens with zero attached hydrogens (tertiary/aromatic N) is 1. The molecular weight excluding hydrogens is 478 g/mol. The largest absolute Gasteiger partial charge is 0.456 e. The third kappa shape index (κ3) is 4.55. The molecule has 3 aromatic rings. The zero-order valence-corrected chi connectivity index (χ0v) is 19.5. The Bertz CT molecular complexity index is 1250. The topological polar surface area (TPSA) is 46.6 Å². The van der Waals surface area contributed by atoms with Gasteiger partial charge in [-0.05, 0) is 29.3 Å². The fourth-order valence-electron chi connectivity index (χ4n) is 4.31. The Hall–Kier alpha value is -3.44. The minimum atomic E-state index is -0.128. The highest BCUT2D eigenvalue weighted by atomic mass is 79.9. The molecule has 1 amide bonds. The van der Waals surface area contributed by atoms with E-state index in [-0.39, 0.29) is 24.0 Å². The molecule has 2 aliphatic heterocycles. The molecule has 5 rings (SSSR count). The van der Waals surface area contributed by atoms with E-state index in [2.05, 4.69) is 28.1 Å². The number of benzene rings is 3. The first-order valence-corrected chi connectivity index (χ1v) is 11.7. The van der Waals surface area contributed by atoms with Crippen molar-refractivity contribution in [3.05, 3.63) is 129 Å². The second-order valence-electron chi connectivity index (χ2n) is 8.23. The molecule has 3 aromatic carbocycles. The third-order valence-electron chi connectivity index (χ3n) is 5.97. The van der Waals surface area contributed by atoms with E-state index < -0.39 is 0 Å². The van der Waals surface area contributed by atoms with Gasteiger partial charge in [0.05, 0.1) is 6.42 Å². The van der Waals surface area contributed by atoms with E-state index in [1.54, 1.807) is 12.1 Å². The number of rotatable bonds is 6. The van der Waals surface area contributed by atoms with Gasteiger partial charge in [0.15, 0.2) is 11.5 Å². The smallest absolute Gasteiger partial charge is 0.290 e. The first-order chi connectivity index (χ1) is 16.1. The van der Waals surface area contributed by atoms with Gasteiger partial charge in [0.2, 0.25) is 0 Å². The molecule has 0 bridgehead atoms. The summed E-state index contributed by atoms with van der Waals surface area (Å²) in [4.78, 5) is 28.0. The van der Waals surface area contributed by atoms with E-state index in [9.17, 15) is 9.59 Å². The number of ketones is 1. The van der Waals surface area contributed by atoms with Crippen molar-refractivity contribution in [2.45, 2.75) is 18.9 Å². The van der Waals surface area contributed by atoms with Gasteiger partial charge in [-0.15, -0.1) is 0 Å². The van der Waals surface area contributed by atoms with E-state index in [0.717, 1.165) is 21.2 Å². The number of carbonyl (C=O) groups is 2. The third-order valence-corrected chi connectivity index (χ3v) is 6.50. The fourth-order valence-corrected chi connectivity index (χ4v) is 4.58. The molecule has 2 heterocycles. The average Bonchev–Trinajstić information content (AvgIpc) is 3.15. The molecule has 1 atom stereocenters. The molecule has 0 spiro atoms.